The molecule has 1 N–H and O–H groups in total. The number of rotatable bonds is 10. The lowest BCUT2D eigenvalue weighted by Gasteiger charge is -2.35. The summed E-state index contributed by atoms with van der Waals surface area (Å²) < 4.78 is 8.17. The molecule has 4 aromatic rings. The number of nitrogens with zero attached hydrogens (tertiary/aromatic N) is 5. The molecule has 0 bridgehead atoms. The molecule has 2 aromatic carbocycles. The van der Waals surface area contributed by atoms with Crippen molar-refractivity contribution in [1.82, 2.24) is 29.4 Å². The number of aryl methyl sites for hydroxylation is 2. The molecule has 2 heterocycles. The number of carbonyl (C=O) groups excluding carboxylic acids is 2. The van der Waals surface area contributed by atoms with Gasteiger partial charge >= 0.3 is 11.8 Å². The Balaban J connectivity index is 1.81. The van der Waals surface area contributed by atoms with Crippen LogP contribution in [0, 0.1) is 19.8 Å². The van der Waals surface area contributed by atoms with Gasteiger partial charge in [-0.1, -0.05) is 73.5 Å². The number of hydrogen-bond donors (Lipinski definition) is 1. The lowest BCUT2D eigenvalue weighted by Crippen LogP contribution is -2.43. The first kappa shape index (κ1) is 32.7. The summed E-state index contributed by atoms with van der Waals surface area (Å²) >= 11 is 6.59. The average molecular weight is 621 g/mol. The zero-order valence-electron chi connectivity index (χ0n) is 26.4. The molecule has 0 saturated heterocycles. The molecule has 234 valence electrons. The fourth-order valence-corrected chi connectivity index (χ4v) is 5.27. The first-order valence-corrected chi connectivity index (χ1v) is 15.2. The third-order valence-electron chi connectivity index (χ3n) is 7.06. The van der Waals surface area contributed by atoms with Crippen LogP contribution < -0.4 is 11.0 Å². The molecule has 10 nitrogen and oxygen atoms in total. The van der Waals surface area contributed by atoms with Crippen molar-refractivity contribution in [3.8, 4) is 0 Å². The molecule has 1 unspecified atom stereocenters. The van der Waals surface area contributed by atoms with Gasteiger partial charge in [-0.2, -0.15) is 9.61 Å². The maximum absolute atomic E-state index is 14.3. The van der Waals surface area contributed by atoms with Gasteiger partial charge in [0.1, 0.15) is 16.4 Å². The van der Waals surface area contributed by atoms with E-state index in [9.17, 15) is 14.4 Å². The lowest BCUT2D eigenvalue weighted by molar-refractivity contribution is 0.0519. The number of benzene rings is 2. The van der Waals surface area contributed by atoms with E-state index in [1.165, 1.54) is 4.52 Å². The highest BCUT2D eigenvalue weighted by Gasteiger charge is 2.33. The van der Waals surface area contributed by atoms with Gasteiger partial charge in [0.05, 0.1) is 18.3 Å². The first-order valence-electron chi connectivity index (χ1n) is 14.8. The molecule has 2 aromatic heterocycles. The number of nitrogens with one attached hydrogen (secondary N) is 1. The number of alkyl carbamates (subject to hydrolysis) is 1. The van der Waals surface area contributed by atoms with Crippen LogP contribution in [-0.4, -0.2) is 54.8 Å². The van der Waals surface area contributed by atoms with Crippen LogP contribution in [0.25, 0.3) is 5.65 Å². The van der Waals surface area contributed by atoms with E-state index in [1.807, 2.05) is 69.3 Å². The van der Waals surface area contributed by atoms with Crippen LogP contribution in [0.1, 0.15) is 80.1 Å². The molecular formula is C33H41ClN6O4. The third kappa shape index (κ3) is 7.66. The van der Waals surface area contributed by atoms with Crippen LogP contribution in [0.5, 0.6) is 0 Å². The van der Waals surface area contributed by atoms with Gasteiger partial charge in [-0.25, -0.2) is 14.6 Å². The number of amides is 2. The molecule has 0 spiro atoms. The van der Waals surface area contributed by atoms with Gasteiger partial charge in [0.25, 0.3) is 5.91 Å². The molecule has 0 saturated carbocycles. The van der Waals surface area contributed by atoms with E-state index >= 15 is 0 Å². The van der Waals surface area contributed by atoms with Crippen molar-refractivity contribution in [2.24, 2.45) is 5.92 Å². The highest BCUT2D eigenvalue weighted by molar-refractivity contribution is 6.34. The second-order valence-corrected chi connectivity index (χ2v) is 12.7. The highest BCUT2D eigenvalue weighted by Crippen LogP contribution is 2.31. The standard InChI is InChI=1S/C33H41ClN6O4/c1-21(2)27(29-36-28-26(34)23(4)37-40(28)32(43)39(29)20-24-14-9-8-10-15-24)38(30(41)25-16-11-13-22(3)19-25)18-12-17-35-31(42)44-33(5,6)7/h8-11,13-16,19,21,27H,12,17-18,20H2,1-7H3,(H,35,42). The Labute approximate surface area is 263 Å². The van der Waals surface area contributed by atoms with Crippen molar-refractivity contribution in [3.63, 3.8) is 0 Å². The zero-order valence-corrected chi connectivity index (χ0v) is 27.2. The summed E-state index contributed by atoms with van der Waals surface area (Å²) in [4.78, 5) is 47.2. The fourth-order valence-electron chi connectivity index (χ4n) is 5.11. The van der Waals surface area contributed by atoms with Gasteiger partial charge in [0.15, 0.2) is 5.65 Å². The Morgan fingerprint density at radius 3 is 2.41 bits per heavy atom. The van der Waals surface area contributed by atoms with Crippen molar-refractivity contribution in [2.45, 2.75) is 73.1 Å². The molecule has 11 heteroatoms. The second-order valence-electron chi connectivity index (χ2n) is 12.3. The van der Waals surface area contributed by atoms with Crippen molar-refractivity contribution in [3.05, 3.63) is 98.3 Å². The summed E-state index contributed by atoms with van der Waals surface area (Å²) in [5.74, 6) is 0.0480. The van der Waals surface area contributed by atoms with Crippen LogP contribution >= 0.6 is 11.6 Å². The minimum atomic E-state index is -0.625. The molecule has 2 amide bonds. The normalized spacial score (nSPS) is 12.4. The number of ether oxygens (including phenoxy) is 1. The maximum Gasteiger partial charge on any atom is 0.407 e. The number of carbonyl (C=O) groups is 2. The van der Waals surface area contributed by atoms with Crippen molar-refractivity contribution >= 4 is 29.2 Å². The van der Waals surface area contributed by atoms with Crippen molar-refractivity contribution in [2.75, 3.05) is 13.1 Å². The van der Waals surface area contributed by atoms with E-state index in [0.29, 0.717) is 23.5 Å². The monoisotopic (exact) mass is 620 g/mol. The molecule has 0 fully saturated rings. The first-order chi connectivity index (χ1) is 20.8. The minimum absolute atomic E-state index is 0.151. The molecule has 0 radical (unpaired) electrons. The van der Waals surface area contributed by atoms with E-state index < -0.39 is 23.4 Å². The molecule has 44 heavy (non-hydrogen) atoms. The summed E-state index contributed by atoms with van der Waals surface area (Å²) in [6.45, 7) is 13.8. The molecular weight excluding hydrogens is 580 g/mol. The van der Waals surface area contributed by atoms with E-state index in [4.69, 9.17) is 21.3 Å². The quantitative estimate of drug-likeness (QED) is 0.219. The average Bonchev–Trinajstić information content (AvgIpc) is 3.24. The maximum atomic E-state index is 14.3. The predicted octanol–water partition coefficient (Wildman–Crippen LogP) is 5.96. The van der Waals surface area contributed by atoms with Crippen LogP contribution in [0.3, 0.4) is 0 Å². The molecule has 1 atom stereocenters. The topological polar surface area (TPSA) is 111 Å². The van der Waals surface area contributed by atoms with Crippen molar-refractivity contribution < 1.29 is 14.3 Å². The van der Waals surface area contributed by atoms with Gasteiger partial charge in [0.2, 0.25) is 0 Å². The van der Waals surface area contributed by atoms with E-state index in [2.05, 4.69) is 10.4 Å². The SMILES string of the molecule is Cc1cccc(C(=O)N(CCCNC(=O)OC(C)(C)C)C(c2nc3c(Cl)c(C)nn3c(=O)n2Cc2ccccc2)C(C)C)c1. The Morgan fingerprint density at radius 1 is 1.07 bits per heavy atom. The van der Waals surface area contributed by atoms with E-state index in [-0.39, 0.29) is 42.1 Å². The zero-order chi connectivity index (χ0) is 32.2. The molecule has 4 rings (SSSR count). The molecule has 0 aliphatic heterocycles. The Bertz CT molecular complexity index is 1690. The fraction of sp³-hybridized carbons (Fsp3) is 0.424. The summed E-state index contributed by atoms with van der Waals surface area (Å²) in [5.41, 5.74) is 2.07. The minimum Gasteiger partial charge on any atom is -0.444 e. The van der Waals surface area contributed by atoms with Gasteiger partial charge in [-0.15, -0.1) is 0 Å². The number of hydrogen-bond acceptors (Lipinski definition) is 6. The summed E-state index contributed by atoms with van der Waals surface area (Å²) in [7, 11) is 0. The van der Waals surface area contributed by atoms with Crippen LogP contribution in [-0.2, 0) is 11.3 Å². The highest BCUT2D eigenvalue weighted by atomic mass is 35.5. The van der Waals surface area contributed by atoms with Gasteiger partial charge in [-0.05, 0) is 64.7 Å². The number of aromatic nitrogens is 4. The van der Waals surface area contributed by atoms with Gasteiger partial charge in [-0.3, -0.25) is 9.36 Å². The molecule has 0 aliphatic rings. The van der Waals surface area contributed by atoms with Gasteiger partial charge < -0.3 is 15.0 Å². The van der Waals surface area contributed by atoms with E-state index in [0.717, 1.165) is 11.1 Å². The smallest absolute Gasteiger partial charge is 0.407 e. The Morgan fingerprint density at radius 2 is 1.77 bits per heavy atom. The second kappa shape index (κ2) is 13.6. The van der Waals surface area contributed by atoms with Crippen molar-refractivity contribution in [1.29, 1.82) is 0 Å². The third-order valence-corrected chi connectivity index (χ3v) is 7.50. The molecule has 0 aliphatic carbocycles. The largest absolute Gasteiger partial charge is 0.444 e. The number of fused-ring (bicyclic) bond motifs is 1. The van der Waals surface area contributed by atoms with E-state index in [1.54, 1.807) is 43.2 Å². The number of halogens is 1. The van der Waals surface area contributed by atoms with Crippen LogP contribution in [0.15, 0.2) is 59.4 Å². The summed E-state index contributed by atoms with van der Waals surface area (Å²) in [5, 5.41) is 7.42. The van der Waals surface area contributed by atoms with Gasteiger partial charge in [0, 0.05) is 18.7 Å². The summed E-state index contributed by atoms with van der Waals surface area (Å²) in [6, 6.07) is 16.4. The Hall–Kier alpha value is -4.18. The van der Waals surface area contributed by atoms with Crippen LogP contribution in [0.4, 0.5) is 4.79 Å². The Kier molecular flexibility index (Phi) is 10.1. The predicted molar refractivity (Wildman–Crippen MR) is 171 cm³/mol. The lowest BCUT2D eigenvalue weighted by atomic mass is 9.99. The van der Waals surface area contributed by atoms with Crippen LogP contribution in [0.2, 0.25) is 5.02 Å². The summed E-state index contributed by atoms with van der Waals surface area (Å²) in [6.07, 6.45) is -0.0819.